The number of hydrogen-bond donors (Lipinski definition) is 0. The molecular weight excluding hydrogens is 374 g/mol. The maximum atomic E-state index is 13.0. The Morgan fingerprint density at radius 2 is 2.00 bits per heavy atom. The fourth-order valence-electron chi connectivity index (χ4n) is 6.16. The van der Waals surface area contributed by atoms with E-state index in [0.717, 1.165) is 56.2 Å². The summed E-state index contributed by atoms with van der Waals surface area (Å²) in [7, 11) is 4.24. The van der Waals surface area contributed by atoms with Gasteiger partial charge < -0.3 is 14.7 Å². The van der Waals surface area contributed by atoms with E-state index in [2.05, 4.69) is 34.9 Å². The van der Waals surface area contributed by atoms with Gasteiger partial charge in [-0.3, -0.25) is 4.79 Å². The van der Waals surface area contributed by atoms with Gasteiger partial charge in [0.2, 0.25) is 5.91 Å². The van der Waals surface area contributed by atoms with Crippen LogP contribution in [0, 0.1) is 42.4 Å². The van der Waals surface area contributed by atoms with E-state index in [0.29, 0.717) is 23.3 Å². The van der Waals surface area contributed by atoms with Crippen molar-refractivity contribution in [2.24, 2.45) is 17.3 Å². The highest BCUT2D eigenvalue weighted by molar-refractivity contribution is 5.77. The minimum absolute atomic E-state index is 0.0426. The molecule has 0 aromatic carbocycles. The lowest BCUT2D eigenvalue weighted by Crippen LogP contribution is -2.43. The average Bonchev–Trinajstić information content (AvgIpc) is 3.35. The Kier molecular flexibility index (Phi) is 5.76. The van der Waals surface area contributed by atoms with Crippen LogP contribution in [0.4, 0.5) is 5.82 Å². The van der Waals surface area contributed by atoms with E-state index < -0.39 is 0 Å². The van der Waals surface area contributed by atoms with Crippen LogP contribution in [-0.4, -0.2) is 67.5 Å². The van der Waals surface area contributed by atoms with Gasteiger partial charge in [0.05, 0.1) is 5.56 Å². The number of carbonyl (C=O) groups excluding carboxylic acids is 1. The highest BCUT2D eigenvalue weighted by atomic mass is 16.2. The summed E-state index contributed by atoms with van der Waals surface area (Å²) < 4.78 is 0. The second-order valence-corrected chi connectivity index (χ2v) is 10.2. The van der Waals surface area contributed by atoms with E-state index >= 15 is 0 Å². The molecule has 1 aromatic rings. The van der Waals surface area contributed by atoms with E-state index in [9.17, 15) is 10.1 Å². The van der Waals surface area contributed by atoms with Gasteiger partial charge in [-0.1, -0.05) is 12.8 Å². The van der Waals surface area contributed by atoms with Crippen LogP contribution in [-0.2, 0) is 4.79 Å². The van der Waals surface area contributed by atoms with Gasteiger partial charge in [0.1, 0.15) is 11.9 Å². The van der Waals surface area contributed by atoms with Gasteiger partial charge in [0.25, 0.3) is 0 Å². The van der Waals surface area contributed by atoms with Gasteiger partial charge in [-0.05, 0) is 58.3 Å². The van der Waals surface area contributed by atoms with E-state index in [1.165, 1.54) is 25.7 Å². The van der Waals surface area contributed by atoms with Crippen molar-refractivity contribution in [1.29, 1.82) is 5.26 Å². The number of nitriles is 1. The van der Waals surface area contributed by atoms with Gasteiger partial charge in [-0.25, -0.2) is 4.98 Å². The molecule has 3 heterocycles. The first-order valence-corrected chi connectivity index (χ1v) is 11.4. The van der Waals surface area contributed by atoms with Crippen molar-refractivity contribution < 1.29 is 4.79 Å². The number of rotatable bonds is 5. The third-order valence-corrected chi connectivity index (χ3v) is 7.42. The summed E-state index contributed by atoms with van der Waals surface area (Å²) in [6.07, 6.45) is 5.73. The summed E-state index contributed by atoms with van der Waals surface area (Å²) in [6.45, 7) is 8.32. The molecule has 1 aliphatic carbocycles. The molecule has 1 saturated carbocycles. The summed E-state index contributed by atoms with van der Waals surface area (Å²) in [5.74, 6) is 2.19. The summed E-state index contributed by atoms with van der Waals surface area (Å²) in [4.78, 5) is 24.5. The number of carbonyl (C=O) groups is 1. The Hall–Kier alpha value is -2.13. The predicted octanol–water partition coefficient (Wildman–Crippen LogP) is 2.98. The van der Waals surface area contributed by atoms with Crippen LogP contribution >= 0.6 is 0 Å². The number of fused-ring (bicyclic) bond motifs is 1. The van der Waals surface area contributed by atoms with Crippen molar-refractivity contribution in [2.45, 2.75) is 46.0 Å². The van der Waals surface area contributed by atoms with Gasteiger partial charge in [0.15, 0.2) is 0 Å². The topological polar surface area (TPSA) is 63.5 Å². The van der Waals surface area contributed by atoms with E-state index in [1.54, 1.807) is 0 Å². The molecule has 6 heteroatoms. The summed E-state index contributed by atoms with van der Waals surface area (Å²) in [5, 5.41) is 9.74. The Balaban J connectivity index is 1.55. The number of aromatic nitrogens is 1. The molecule has 0 unspecified atom stereocenters. The molecule has 1 amide bonds. The molecule has 0 N–H and O–H groups in total. The lowest BCUT2D eigenvalue weighted by Gasteiger charge is -2.32. The second kappa shape index (κ2) is 8.19. The highest BCUT2D eigenvalue weighted by Gasteiger charge is 2.54. The zero-order valence-corrected chi connectivity index (χ0v) is 18.9. The first kappa shape index (κ1) is 21.1. The van der Waals surface area contributed by atoms with Crippen molar-refractivity contribution in [1.82, 2.24) is 14.8 Å². The molecule has 2 saturated heterocycles. The second-order valence-electron chi connectivity index (χ2n) is 10.2. The first-order chi connectivity index (χ1) is 14.3. The van der Waals surface area contributed by atoms with Crippen molar-refractivity contribution in [3.8, 4) is 6.07 Å². The molecule has 0 spiro atoms. The molecule has 2 aliphatic heterocycles. The van der Waals surface area contributed by atoms with Crippen molar-refractivity contribution in [2.75, 3.05) is 51.7 Å². The number of likely N-dealkylation sites (tertiary alicyclic amines) is 1. The maximum Gasteiger partial charge on any atom is 0.222 e. The Morgan fingerprint density at radius 3 is 2.67 bits per heavy atom. The molecular formula is C24H35N5O. The van der Waals surface area contributed by atoms with Crippen LogP contribution in [0.1, 0.15) is 48.9 Å². The number of amides is 1. The van der Waals surface area contributed by atoms with Crippen LogP contribution in [0.3, 0.4) is 0 Å². The number of pyridine rings is 1. The smallest absolute Gasteiger partial charge is 0.222 e. The largest absolute Gasteiger partial charge is 0.354 e. The SMILES string of the molecule is Cc1cc(C)c(C#N)c(N2C[C@H]3CN(C(=O)CC4CCCC4)C[C@@]3(CN(C)C)C2)n1. The van der Waals surface area contributed by atoms with Crippen LogP contribution < -0.4 is 4.90 Å². The molecule has 3 aliphatic rings. The van der Waals surface area contributed by atoms with E-state index in [4.69, 9.17) is 4.98 Å². The van der Waals surface area contributed by atoms with Gasteiger partial charge >= 0.3 is 0 Å². The third kappa shape index (κ3) is 3.92. The number of hydrogen-bond acceptors (Lipinski definition) is 5. The highest BCUT2D eigenvalue weighted by Crippen LogP contribution is 2.45. The zero-order valence-electron chi connectivity index (χ0n) is 18.9. The molecule has 4 rings (SSSR count). The molecule has 2 atom stereocenters. The monoisotopic (exact) mass is 409 g/mol. The molecule has 6 nitrogen and oxygen atoms in total. The third-order valence-electron chi connectivity index (χ3n) is 7.42. The fraction of sp³-hybridized carbons (Fsp3) is 0.708. The van der Waals surface area contributed by atoms with Crippen molar-refractivity contribution >= 4 is 11.7 Å². The fourth-order valence-corrected chi connectivity index (χ4v) is 6.16. The van der Waals surface area contributed by atoms with Crippen LogP contribution in [0.2, 0.25) is 0 Å². The van der Waals surface area contributed by atoms with Gasteiger partial charge in [-0.2, -0.15) is 5.26 Å². The molecule has 30 heavy (non-hydrogen) atoms. The van der Waals surface area contributed by atoms with E-state index in [-0.39, 0.29) is 5.41 Å². The lowest BCUT2D eigenvalue weighted by molar-refractivity contribution is -0.131. The maximum absolute atomic E-state index is 13.0. The minimum Gasteiger partial charge on any atom is -0.354 e. The quantitative estimate of drug-likeness (QED) is 0.748. The number of aryl methyl sites for hydroxylation is 2. The van der Waals surface area contributed by atoms with Gasteiger partial charge in [0, 0.05) is 56.2 Å². The molecule has 0 bridgehead atoms. The van der Waals surface area contributed by atoms with Crippen LogP contribution in [0.15, 0.2) is 6.07 Å². The average molecular weight is 410 g/mol. The van der Waals surface area contributed by atoms with Crippen LogP contribution in [0.5, 0.6) is 0 Å². The summed E-state index contributed by atoms with van der Waals surface area (Å²) in [6, 6.07) is 4.36. The predicted molar refractivity (Wildman–Crippen MR) is 118 cm³/mol. The Morgan fingerprint density at radius 1 is 1.27 bits per heavy atom. The number of anilines is 1. The Labute approximate surface area is 180 Å². The summed E-state index contributed by atoms with van der Waals surface area (Å²) >= 11 is 0. The van der Waals surface area contributed by atoms with Crippen LogP contribution in [0.25, 0.3) is 0 Å². The Bertz CT molecular complexity index is 854. The number of nitrogens with zero attached hydrogens (tertiary/aromatic N) is 5. The van der Waals surface area contributed by atoms with Crippen molar-refractivity contribution in [3.05, 3.63) is 22.9 Å². The van der Waals surface area contributed by atoms with E-state index in [1.807, 2.05) is 19.9 Å². The standard InChI is InChI=1S/C24H35N5O/c1-17-9-18(2)26-23(21(17)11-25)29-13-20-12-28(15-24(20,16-29)14-27(3)4)22(30)10-19-7-5-6-8-19/h9,19-20H,5-8,10,12-16H2,1-4H3/t20-,24+/m1/s1. The first-order valence-electron chi connectivity index (χ1n) is 11.4. The van der Waals surface area contributed by atoms with Gasteiger partial charge in [-0.15, -0.1) is 0 Å². The normalized spacial score (nSPS) is 26.5. The lowest BCUT2D eigenvalue weighted by atomic mass is 9.80. The summed E-state index contributed by atoms with van der Waals surface area (Å²) in [5.41, 5.74) is 2.68. The molecule has 1 aromatic heterocycles. The zero-order chi connectivity index (χ0) is 21.5. The molecule has 0 radical (unpaired) electrons. The molecule has 3 fully saturated rings. The molecule has 162 valence electrons. The van der Waals surface area contributed by atoms with Crippen molar-refractivity contribution in [3.63, 3.8) is 0 Å². The minimum atomic E-state index is 0.0426.